The molecular weight excluding hydrogens is 370 g/mol. The van der Waals surface area contributed by atoms with Crippen molar-refractivity contribution < 1.29 is 4.79 Å². The van der Waals surface area contributed by atoms with Gasteiger partial charge in [-0.05, 0) is 37.6 Å². The fourth-order valence-corrected chi connectivity index (χ4v) is 4.16. The van der Waals surface area contributed by atoms with Gasteiger partial charge in [0.25, 0.3) is 5.56 Å². The lowest BCUT2D eigenvalue weighted by molar-refractivity contribution is -0.129. The van der Waals surface area contributed by atoms with Gasteiger partial charge in [0.05, 0.1) is 22.7 Å². The summed E-state index contributed by atoms with van der Waals surface area (Å²) >= 11 is 1.52. The molecule has 1 heterocycles. The molecule has 1 aromatic heterocycles. The first-order valence-corrected chi connectivity index (χ1v) is 10.5. The number of thioether (sulfide) groups is 1. The van der Waals surface area contributed by atoms with Crippen LogP contribution in [0.3, 0.4) is 0 Å². The van der Waals surface area contributed by atoms with Crippen molar-refractivity contribution in [1.29, 1.82) is 0 Å². The largest absolute Gasteiger partial charge is 0.335 e. The van der Waals surface area contributed by atoms with Crippen LogP contribution in [0.5, 0.6) is 0 Å². The zero-order valence-electron chi connectivity index (χ0n) is 16.5. The van der Waals surface area contributed by atoms with Crippen molar-refractivity contribution in [3.63, 3.8) is 0 Å². The molecule has 0 fully saturated rings. The molecule has 1 unspecified atom stereocenters. The third-order valence-corrected chi connectivity index (χ3v) is 5.86. The Morgan fingerprint density at radius 2 is 1.79 bits per heavy atom. The van der Waals surface area contributed by atoms with Crippen LogP contribution in [0.1, 0.15) is 32.1 Å². The minimum atomic E-state index is -0.249. The quantitative estimate of drug-likeness (QED) is 0.565. The molecule has 0 aliphatic carbocycles. The summed E-state index contributed by atoms with van der Waals surface area (Å²) < 4.78 is 1.69. The highest BCUT2D eigenvalue weighted by atomic mass is 32.2. The zero-order chi connectivity index (χ0) is 20.1. The Balaban J connectivity index is 1.89. The van der Waals surface area contributed by atoms with Crippen LogP contribution < -0.4 is 5.56 Å². The number of rotatable bonds is 7. The van der Waals surface area contributed by atoms with E-state index in [9.17, 15) is 9.59 Å². The maximum absolute atomic E-state index is 12.9. The first kappa shape index (κ1) is 20.1. The smallest absolute Gasteiger partial charge is 0.261 e. The summed E-state index contributed by atoms with van der Waals surface area (Å²) in [4.78, 5) is 33.3. The summed E-state index contributed by atoms with van der Waals surface area (Å²) in [7, 11) is 1.80. The molecule has 28 heavy (non-hydrogen) atoms. The van der Waals surface area contributed by atoms with E-state index in [1.54, 1.807) is 22.6 Å². The van der Waals surface area contributed by atoms with Gasteiger partial charge < -0.3 is 4.90 Å². The van der Waals surface area contributed by atoms with E-state index in [-0.39, 0.29) is 17.5 Å². The molecule has 0 bridgehead atoms. The molecule has 0 aliphatic rings. The summed E-state index contributed by atoms with van der Waals surface area (Å²) in [5.74, 6) is 1.01. The summed E-state index contributed by atoms with van der Waals surface area (Å²) in [6, 6.07) is 17.0. The van der Waals surface area contributed by atoms with E-state index in [1.807, 2.05) is 62.4 Å². The van der Waals surface area contributed by atoms with Gasteiger partial charge in [0.2, 0.25) is 5.91 Å². The van der Waals surface area contributed by atoms with Crippen LogP contribution in [0.25, 0.3) is 10.9 Å². The highest BCUT2D eigenvalue weighted by Crippen LogP contribution is 2.24. The topological polar surface area (TPSA) is 55.2 Å². The SMILES string of the molecule is CCC(c1nc2ccccc2c(=O)n1CC)N(C)C(=O)CSc1ccccc1. The van der Waals surface area contributed by atoms with Crippen LogP contribution in [-0.4, -0.2) is 33.2 Å². The highest BCUT2D eigenvalue weighted by Gasteiger charge is 2.25. The number of carbonyl (C=O) groups is 1. The zero-order valence-corrected chi connectivity index (χ0v) is 17.3. The monoisotopic (exact) mass is 395 g/mol. The van der Waals surface area contributed by atoms with E-state index >= 15 is 0 Å². The lowest BCUT2D eigenvalue weighted by Crippen LogP contribution is -2.37. The van der Waals surface area contributed by atoms with E-state index < -0.39 is 0 Å². The second-order valence-electron chi connectivity index (χ2n) is 6.57. The van der Waals surface area contributed by atoms with Crippen LogP contribution in [0.15, 0.2) is 64.3 Å². The third-order valence-electron chi connectivity index (χ3n) is 4.86. The van der Waals surface area contributed by atoms with Crippen LogP contribution >= 0.6 is 11.8 Å². The highest BCUT2D eigenvalue weighted by molar-refractivity contribution is 8.00. The number of hydrogen-bond acceptors (Lipinski definition) is 4. The third kappa shape index (κ3) is 4.12. The molecule has 146 valence electrons. The lowest BCUT2D eigenvalue weighted by Gasteiger charge is -2.28. The number of amides is 1. The van der Waals surface area contributed by atoms with E-state index in [2.05, 4.69) is 0 Å². The predicted octanol–water partition coefficient (Wildman–Crippen LogP) is 4.12. The van der Waals surface area contributed by atoms with Gasteiger partial charge in [-0.2, -0.15) is 0 Å². The van der Waals surface area contributed by atoms with Gasteiger partial charge >= 0.3 is 0 Å². The minimum Gasteiger partial charge on any atom is -0.335 e. The van der Waals surface area contributed by atoms with E-state index in [0.29, 0.717) is 35.4 Å². The van der Waals surface area contributed by atoms with Gasteiger partial charge in [0.15, 0.2) is 0 Å². The molecule has 1 atom stereocenters. The van der Waals surface area contributed by atoms with Crippen molar-refractivity contribution in [3.05, 3.63) is 70.8 Å². The molecule has 5 nitrogen and oxygen atoms in total. The normalized spacial score (nSPS) is 12.1. The first-order valence-electron chi connectivity index (χ1n) is 9.49. The first-order chi connectivity index (χ1) is 13.6. The van der Waals surface area contributed by atoms with Crippen LogP contribution in [0, 0.1) is 0 Å². The molecule has 0 N–H and O–H groups in total. The Labute approximate surface area is 169 Å². The number of nitrogens with zero attached hydrogens (tertiary/aromatic N) is 3. The molecule has 0 spiro atoms. The molecule has 3 rings (SSSR count). The maximum Gasteiger partial charge on any atom is 0.261 e. The van der Waals surface area contributed by atoms with Gasteiger partial charge in [-0.25, -0.2) is 4.98 Å². The van der Waals surface area contributed by atoms with Crippen molar-refractivity contribution in [2.45, 2.75) is 37.8 Å². The van der Waals surface area contributed by atoms with E-state index in [4.69, 9.17) is 4.98 Å². The molecule has 1 amide bonds. The van der Waals surface area contributed by atoms with Gasteiger partial charge in [-0.1, -0.05) is 37.3 Å². The van der Waals surface area contributed by atoms with Crippen molar-refractivity contribution in [3.8, 4) is 0 Å². The maximum atomic E-state index is 12.9. The van der Waals surface area contributed by atoms with Crippen molar-refractivity contribution >= 4 is 28.6 Å². The Bertz CT molecular complexity index is 1020. The van der Waals surface area contributed by atoms with Gasteiger partial charge in [0, 0.05) is 18.5 Å². The molecular formula is C22H25N3O2S. The number of carbonyl (C=O) groups excluding carboxylic acids is 1. The van der Waals surface area contributed by atoms with E-state index in [1.165, 1.54) is 11.8 Å². The van der Waals surface area contributed by atoms with E-state index in [0.717, 1.165) is 4.90 Å². The average molecular weight is 396 g/mol. The van der Waals surface area contributed by atoms with Crippen LogP contribution in [0.4, 0.5) is 0 Å². The standard InChI is InChI=1S/C22H25N3O2S/c1-4-19(24(3)20(26)15-28-16-11-7-6-8-12-16)21-23-18-14-10-9-13-17(18)22(27)25(21)5-2/h6-14,19H,4-5,15H2,1-3H3. The Morgan fingerprint density at radius 1 is 1.11 bits per heavy atom. The summed E-state index contributed by atoms with van der Waals surface area (Å²) in [6.45, 7) is 4.46. The Morgan fingerprint density at radius 3 is 2.46 bits per heavy atom. The van der Waals surface area contributed by atoms with Gasteiger partial charge in [-0.15, -0.1) is 11.8 Å². The molecule has 2 aromatic carbocycles. The molecule has 3 aromatic rings. The van der Waals surface area contributed by atoms with Crippen LogP contribution in [-0.2, 0) is 11.3 Å². The lowest BCUT2D eigenvalue weighted by atomic mass is 10.1. The molecule has 0 aliphatic heterocycles. The van der Waals surface area contributed by atoms with Crippen molar-refractivity contribution in [2.75, 3.05) is 12.8 Å². The molecule has 0 saturated carbocycles. The van der Waals surface area contributed by atoms with Gasteiger partial charge in [0.1, 0.15) is 5.82 Å². The van der Waals surface area contributed by atoms with Gasteiger partial charge in [-0.3, -0.25) is 14.2 Å². The van der Waals surface area contributed by atoms with Crippen molar-refractivity contribution in [2.24, 2.45) is 0 Å². The molecule has 0 radical (unpaired) electrons. The number of benzene rings is 2. The summed E-state index contributed by atoms with van der Waals surface area (Å²) in [5, 5.41) is 0.608. The Kier molecular flexibility index (Phi) is 6.52. The number of para-hydroxylation sites is 1. The number of fused-ring (bicyclic) bond motifs is 1. The predicted molar refractivity (Wildman–Crippen MR) is 115 cm³/mol. The number of aromatic nitrogens is 2. The average Bonchev–Trinajstić information content (AvgIpc) is 2.73. The minimum absolute atomic E-state index is 0.0192. The molecule has 6 heteroatoms. The second-order valence-corrected chi connectivity index (χ2v) is 7.62. The summed E-state index contributed by atoms with van der Waals surface area (Å²) in [5.41, 5.74) is 0.617. The number of hydrogen-bond donors (Lipinski definition) is 0. The summed E-state index contributed by atoms with van der Waals surface area (Å²) in [6.07, 6.45) is 0.684. The molecule has 0 saturated heterocycles. The Hall–Kier alpha value is -2.60. The fraction of sp³-hybridized carbons (Fsp3) is 0.318. The van der Waals surface area contributed by atoms with Crippen LogP contribution in [0.2, 0.25) is 0 Å². The fourth-order valence-electron chi connectivity index (χ4n) is 3.31. The van der Waals surface area contributed by atoms with Crippen molar-refractivity contribution in [1.82, 2.24) is 14.5 Å². The second kappa shape index (κ2) is 9.06.